The van der Waals surface area contributed by atoms with E-state index in [-0.39, 0.29) is 5.82 Å². The number of halogens is 3. The van der Waals surface area contributed by atoms with E-state index in [9.17, 15) is 4.39 Å². The summed E-state index contributed by atoms with van der Waals surface area (Å²) in [5.41, 5.74) is 0.611. The minimum absolute atomic E-state index is 0.229. The molecule has 1 aliphatic rings. The van der Waals surface area contributed by atoms with Gasteiger partial charge in [0.05, 0.1) is 4.47 Å². The van der Waals surface area contributed by atoms with Crippen LogP contribution in [0.1, 0.15) is 5.56 Å². The zero-order valence-corrected chi connectivity index (χ0v) is 11.8. The number of nitrogens with zero attached hydrogens (tertiary/aromatic N) is 1. The third-order valence-electron chi connectivity index (χ3n) is 3.03. The molecule has 1 N–H and O–H groups in total. The van der Waals surface area contributed by atoms with Crippen LogP contribution in [-0.4, -0.2) is 37.6 Å². The van der Waals surface area contributed by atoms with Crippen LogP contribution in [0.25, 0.3) is 0 Å². The normalized spacial score (nSPS) is 17.4. The van der Waals surface area contributed by atoms with Gasteiger partial charge in [0.1, 0.15) is 5.82 Å². The summed E-state index contributed by atoms with van der Waals surface area (Å²) in [5.74, 6) is -0.229. The van der Waals surface area contributed by atoms with Crippen molar-refractivity contribution in [1.82, 2.24) is 10.2 Å². The fourth-order valence-corrected chi connectivity index (χ4v) is 2.61. The Labute approximate surface area is 114 Å². The molecule has 0 unspecified atom stereocenters. The Kier molecular flexibility index (Phi) is 4.79. The molecule has 1 aromatic rings. The van der Waals surface area contributed by atoms with Gasteiger partial charge in [-0.2, -0.15) is 0 Å². The molecule has 0 atom stereocenters. The van der Waals surface area contributed by atoms with Gasteiger partial charge in [0.2, 0.25) is 0 Å². The predicted molar refractivity (Wildman–Crippen MR) is 72.1 cm³/mol. The van der Waals surface area contributed by atoms with Gasteiger partial charge in [-0.25, -0.2) is 4.39 Å². The van der Waals surface area contributed by atoms with E-state index >= 15 is 0 Å². The molecule has 2 rings (SSSR count). The van der Waals surface area contributed by atoms with E-state index in [2.05, 4.69) is 26.1 Å². The number of nitrogens with one attached hydrogen (secondary N) is 1. The first kappa shape index (κ1) is 13.3. The van der Waals surface area contributed by atoms with Crippen LogP contribution in [0.3, 0.4) is 0 Å². The quantitative estimate of drug-likeness (QED) is 0.861. The van der Waals surface area contributed by atoms with Crippen LogP contribution in [0.5, 0.6) is 0 Å². The van der Waals surface area contributed by atoms with Crippen molar-refractivity contribution in [2.75, 3.05) is 32.7 Å². The lowest BCUT2D eigenvalue weighted by Gasteiger charge is -2.27. The lowest BCUT2D eigenvalue weighted by atomic mass is 10.1. The highest BCUT2D eigenvalue weighted by Crippen LogP contribution is 2.26. The smallest absolute Gasteiger partial charge is 0.142 e. The molecule has 0 aromatic heterocycles. The van der Waals surface area contributed by atoms with Gasteiger partial charge in [-0.3, -0.25) is 0 Å². The summed E-state index contributed by atoms with van der Waals surface area (Å²) in [6, 6.07) is 3.38. The van der Waals surface area contributed by atoms with Crippen molar-refractivity contribution in [3.05, 3.63) is 33.0 Å². The summed E-state index contributed by atoms with van der Waals surface area (Å²) in [5, 5.41) is 3.81. The Balaban J connectivity index is 2.00. The molecule has 1 fully saturated rings. The van der Waals surface area contributed by atoms with Crippen LogP contribution in [0.15, 0.2) is 16.6 Å². The van der Waals surface area contributed by atoms with Crippen molar-refractivity contribution < 1.29 is 4.39 Å². The maximum Gasteiger partial charge on any atom is 0.142 e. The molecule has 1 aromatic carbocycles. The van der Waals surface area contributed by atoms with Crippen molar-refractivity contribution in [2.45, 2.75) is 6.42 Å². The summed E-state index contributed by atoms with van der Waals surface area (Å²) < 4.78 is 14.3. The lowest BCUT2D eigenvalue weighted by molar-refractivity contribution is 0.243. The molecule has 0 spiro atoms. The molecular weight excluding hydrogens is 307 g/mol. The molecule has 1 heterocycles. The van der Waals surface area contributed by atoms with Crippen LogP contribution in [0.4, 0.5) is 4.39 Å². The van der Waals surface area contributed by atoms with Gasteiger partial charge in [-0.05, 0) is 34.5 Å². The monoisotopic (exact) mass is 320 g/mol. The lowest BCUT2D eigenvalue weighted by Crippen LogP contribution is -2.44. The number of hydrogen-bond acceptors (Lipinski definition) is 2. The minimum atomic E-state index is -0.229. The van der Waals surface area contributed by atoms with E-state index in [1.54, 1.807) is 12.1 Å². The summed E-state index contributed by atoms with van der Waals surface area (Å²) in [6.07, 6.45) is 0.657. The Hall–Kier alpha value is -0.160. The SMILES string of the molecule is Fc1c(Br)ccc(Cl)c1CCN1CCNCC1. The van der Waals surface area contributed by atoms with Crippen molar-refractivity contribution in [2.24, 2.45) is 0 Å². The van der Waals surface area contributed by atoms with E-state index in [1.165, 1.54) is 0 Å². The fraction of sp³-hybridized carbons (Fsp3) is 0.500. The Morgan fingerprint density at radius 1 is 1.35 bits per heavy atom. The van der Waals surface area contributed by atoms with Crippen molar-refractivity contribution in [3.63, 3.8) is 0 Å². The maximum absolute atomic E-state index is 13.9. The first-order chi connectivity index (χ1) is 8.18. The highest BCUT2D eigenvalue weighted by Gasteiger charge is 2.14. The molecule has 2 nitrogen and oxygen atoms in total. The largest absolute Gasteiger partial charge is 0.314 e. The molecule has 5 heteroatoms. The van der Waals surface area contributed by atoms with Crippen molar-refractivity contribution in [3.8, 4) is 0 Å². The van der Waals surface area contributed by atoms with Gasteiger partial charge in [0.25, 0.3) is 0 Å². The summed E-state index contributed by atoms with van der Waals surface area (Å²) >= 11 is 9.22. The van der Waals surface area contributed by atoms with Gasteiger partial charge in [-0.15, -0.1) is 0 Å². The Bertz CT molecular complexity index is 394. The first-order valence-corrected chi connectivity index (χ1v) is 6.91. The van der Waals surface area contributed by atoms with Crippen molar-refractivity contribution in [1.29, 1.82) is 0 Å². The minimum Gasteiger partial charge on any atom is -0.314 e. The van der Waals surface area contributed by atoms with E-state index in [0.717, 1.165) is 32.7 Å². The average molecular weight is 322 g/mol. The molecule has 0 radical (unpaired) electrons. The summed E-state index contributed by atoms with van der Waals surface area (Å²) in [4.78, 5) is 2.33. The molecule has 1 saturated heterocycles. The fourth-order valence-electron chi connectivity index (χ4n) is 2.00. The second kappa shape index (κ2) is 6.14. The van der Waals surface area contributed by atoms with Gasteiger partial charge < -0.3 is 10.2 Å². The van der Waals surface area contributed by atoms with E-state index in [0.29, 0.717) is 21.5 Å². The molecule has 0 bridgehead atoms. The molecule has 94 valence electrons. The topological polar surface area (TPSA) is 15.3 Å². The molecule has 1 aliphatic heterocycles. The maximum atomic E-state index is 13.9. The van der Waals surface area contributed by atoms with Crippen LogP contribution < -0.4 is 5.32 Å². The van der Waals surface area contributed by atoms with Crippen LogP contribution >= 0.6 is 27.5 Å². The Morgan fingerprint density at radius 3 is 2.76 bits per heavy atom. The molecule has 0 saturated carbocycles. The van der Waals surface area contributed by atoms with Gasteiger partial charge in [-0.1, -0.05) is 11.6 Å². The van der Waals surface area contributed by atoms with Crippen molar-refractivity contribution >= 4 is 27.5 Å². The number of rotatable bonds is 3. The average Bonchev–Trinajstić information content (AvgIpc) is 2.35. The third-order valence-corrected chi connectivity index (χ3v) is 3.99. The molecule has 17 heavy (non-hydrogen) atoms. The molecule has 0 aliphatic carbocycles. The zero-order chi connectivity index (χ0) is 12.3. The summed E-state index contributed by atoms with van der Waals surface area (Å²) in [7, 11) is 0. The van der Waals surface area contributed by atoms with E-state index < -0.39 is 0 Å². The number of hydrogen-bond donors (Lipinski definition) is 1. The van der Waals surface area contributed by atoms with Crippen LogP contribution in [0, 0.1) is 5.82 Å². The zero-order valence-electron chi connectivity index (χ0n) is 9.48. The van der Waals surface area contributed by atoms with Crippen LogP contribution in [0.2, 0.25) is 5.02 Å². The predicted octanol–water partition coefficient (Wildman–Crippen LogP) is 2.69. The molecular formula is C12H15BrClFN2. The van der Waals surface area contributed by atoms with Gasteiger partial charge in [0.15, 0.2) is 0 Å². The third kappa shape index (κ3) is 3.41. The Morgan fingerprint density at radius 2 is 2.06 bits per heavy atom. The van der Waals surface area contributed by atoms with Gasteiger partial charge in [0, 0.05) is 43.3 Å². The molecule has 0 amide bonds. The second-order valence-corrected chi connectivity index (χ2v) is 5.42. The summed E-state index contributed by atoms with van der Waals surface area (Å²) in [6.45, 7) is 4.92. The highest BCUT2D eigenvalue weighted by atomic mass is 79.9. The van der Waals surface area contributed by atoms with E-state index in [4.69, 9.17) is 11.6 Å². The number of piperazine rings is 1. The number of benzene rings is 1. The van der Waals surface area contributed by atoms with Gasteiger partial charge >= 0.3 is 0 Å². The standard InChI is InChI=1S/C12H15BrClFN2/c13-10-1-2-11(14)9(12(10)15)3-6-17-7-4-16-5-8-17/h1-2,16H,3-8H2. The second-order valence-electron chi connectivity index (χ2n) is 4.16. The highest BCUT2D eigenvalue weighted by molar-refractivity contribution is 9.10. The first-order valence-electron chi connectivity index (χ1n) is 5.74. The van der Waals surface area contributed by atoms with Crippen LogP contribution in [-0.2, 0) is 6.42 Å². The van der Waals surface area contributed by atoms with E-state index in [1.807, 2.05) is 0 Å².